The zero-order chi connectivity index (χ0) is 22.3. The van der Waals surface area contributed by atoms with Crippen LogP contribution in [-0.4, -0.2) is 73.0 Å². The molecule has 2 heterocycles. The van der Waals surface area contributed by atoms with Crippen molar-refractivity contribution in [2.45, 2.75) is 18.8 Å². The van der Waals surface area contributed by atoms with Gasteiger partial charge >= 0.3 is 0 Å². The molecule has 0 spiro atoms. The van der Waals surface area contributed by atoms with E-state index in [1.165, 1.54) is 42.7 Å². The first-order valence-corrected chi connectivity index (χ1v) is 11.5. The molecular weight excluding hydrogens is 408 g/mol. The van der Waals surface area contributed by atoms with E-state index in [9.17, 15) is 13.6 Å². The minimum Gasteiger partial charge on any atom is -0.337 e. The number of piperidine rings is 1. The lowest BCUT2D eigenvalue weighted by Gasteiger charge is -2.37. The zero-order valence-electron chi connectivity index (χ0n) is 18.4. The third-order valence-corrected chi connectivity index (χ3v) is 6.58. The van der Waals surface area contributed by atoms with Crippen LogP contribution in [0.1, 0.15) is 29.9 Å². The smallest absolute Gasteiger partial charge is 0.246 e. The fraction of sp³-hybridized carbons (Fsp3) is 0.423. The van der Waals surface area contributed by atoms with E-state index in [2.05, 4.69) is 40.1 Å². The van der Waals surface area contributed by atoms with Crippen LogP contribution in [0.2, 0.25) is 0 Å². The van der Waals surface area contributed by atoms with Crippen LogP contribution in [0.3, 0.4) is 0 Å². The molecule has 0 radical (unpaired) electrons. The number of halogens is 2. The van der Waals surface area contributed by atoms with Gasteiger partial charge < -0.3 is 9.80 Å². The molecular formula is C26H31F2N3O. The quantitative estimate of drug-likeness (QED) is 0.637. The van der Waals surface area contributed by atoms with E-state index >= 15 is 0 Å². The molecule has 4 rings (SSSR count). The van der Waals surface area contributed by atoms with Crippen molar-refractivity contribution >= 4 is 12.0 Å². The number of amides is 1. The third-order valence-electron chi connectivity index (χ3n) is 6.58. The standard InChI is InChI=1S/C26H31F2N3O/c27-24-18-21(19-25(28)20-24)6-7-26(32)31-16-14-30(15-17-31)13-12-29-10-8-23(9-11-29)22-4-2-1-3-5-22/h1-7,18-20,23H,8-17H2/b7-6+. The highest BCUT2D eigenvalue weighted by atomic mass is 19.1. The van der Waals surface area contributed by atoms with Crippen molar-refractivity contribution in [3.05, 3.63) is 77.4 Å². The van der Waals surface area contributed by atoms with Crippen LogP contribution in [0.5, 0.6) is 0 Å². The van der Waals surface area contributed by atoms with Crippen molar-refractivity contribution in [3.8, 4) is 0 Å². The van der Waals surface area contributed by atoms with Gasteiger partial charge in [-0.3, -0.25) is 9.69 Å². The monoisotopic (exact) mass is 439 g/mol. The van der Waals surface area contributed by atoms with Gasteiger partial charge in [0, 0.05) is 51.4 Å². The molecule has 2 saturated heterocycles. The van der Waals surface area contributed by atoms with Gasteiger partial charge in [-0.15, -0.1) is 0 Å². The number of hydrogen-bond acceptors (Lipinski definition) is 3. The predicted octanol–water partition coefficient (Wildman–Crippen LogP) is 4.00. The highest BCUT2D eigenvalue weighted by Crippen LogP contribution is 2.27. The highest BCUT2D eigenvalue weighted by molar-refractivity contribution is 5.91. The number of likely N-dealkylation sites (tertiary alicyclic amines) is 1. The topological polar surface area (TPSA) is 26.8 Å². The van der Waals surface area contributed by atoms with Gasteiger partial charge in [0.25, 0.3) is 0 Å². The molecule has 2 aliphatic rings. The molecule has 2 aromatic carbocycles. The number of nitrogens with zero attached hydrogens (tertiary/aromatic N) is 3. The molecule has 0 unspecified atom stereocenters. The van der Waals surface area contributed by atoms with Gasteiger partial charge in [0.15, 0.2) is 0 Å². The Hall–Kier alpha value is -2.57. The van der Waals surface area contributed by atoms with Crippen molar-refractivity contribution < 1.29 is 13.6 Å². The van der Waals surface area contributed by atoms with Crippen LogP contribution in [-0.2, 0) is 4.79 Å². The summed E-state index contributed by atoms with van der Waals surface area (Å²) in [6, 6.07) is 14.1. The van der Waals surface area contributed by atoms with Gasteiger partial charge in [0.1, 0.15) is 11.6 Å². The lowest BCUT2D eigenvalue weighted by Crippen LogP contribution is -2.50. The lowest BCUT2D eigenvalue weighted by molar-refractivity contribution is -0.127. The normalized spacial score (nSPS) is 19.0. The van der Waals surface area contributed by atoms with Crippen molar-refractivity contribution in [1.82, 2.24) is 14.7 Å². The number of benzene rings is 2. The fourth-order valence-electron chi connectivity index (χ4n) is 4.63. The Balaban J connectivity index is 1.16. The molecule has 32 heavy (non-hydrogen) atoms. The minimum atomic E-state index is -0.644. The van der Waals surface area contributed by atoms with Gasteiger partial charge in [-0.25, -0.2) is 8.78 Å². The van der Waals surface area contributed by atoms with Gasteiger partial charge in [-0.1, -0.05) is 30.3 Å². The summed E-state index contributed by atoms with van der Waals surface area (Å²) < 4.78 is 26.6. The summed E-state index contributed by atoms with van der Waals surface area (Å²) >= 11 is 0. The second-order valence-corrected chi connectivity index (χ2v) is 8.73. The second kappa shape index (κ2) is 10.8. The Morgan fingerprint density at radius 3 is 2.06 bits per heavy atom. The number of hydrogen-bond donors (Lipinski definition) is 0. The Morgan fingerprint density at radius 1 is 0.844 bits per heavy atom. The summed E-state index contributed by atoms with van der Waals surface area (Å²) in [5.41, 5.74) is 1.81. The molecule has 0 aliphatic carbocycles. The van der Waals surface area contributed by atoms with Gasteiger partial charge in [0.05, 0.1) is 0 Å². The van der Waals surface area contributed by atoms with E-state index in [-0.39, 0.29) is 5.91 Å². The van der Waals surface area contributed by atoms with E-state index in [1.807, 2.05) is 0 Å². The van der Waals surface area contributed by atoms with E-state index in [0.29, 0.717) is 24.6 Å². The van der Waals surface area contributed by atoms with Crippen LogP contribution >= 0.6 is 0 Å². The maximum Gasteiger partial charge on any atom is 0.246 e. The summed E-state index contributed by atoms with van der Waals surface area (Å²) in [5.74, 6) is -0.721. The molecule has 0 aromatic heterocycles. The van der Waals surface area contributed by atoms with E-state index in [4.69, 9.17) is 0 Å². The van der Waals surface area contributed by atoms with Crippen molar-refractivity contribution in [1.29, 1.82) is 0 Å². The van der Waals surface area contributed by atoms with E-state index in [1.54, 1.807) is 4.90 Å². The first-order valence-electron chi connectivity index (χ1n) is 11.5. The molecule has 170 valence electrons. The van der Waals surface area contributed by atoms with Crippen LogP contribution < -0.4 is 0 Å². The van der Waals surface area contributed by atoms with Gasteiger partial charge in [-0.2, -0.15) is 0 Å². The molecule has 1 amide bonds. The second-order valence-electron chi connectivity index (χ2n) is 8.73. The Kier molecular flexibility index (Phi) is 7.66. The molecule has 0 atom stereocenters. The summed E-state index contributed by atoms with van der Waals surface area (Å²) in [6.07, 6.45) is 5.31. The minimum absolute atomic E-state index is 0.114. The summed E-state index contributed by atoms with van der Waals surface area (Å²) in [4.78, 5) is 19.2. The molecule has 6 heteroatoms. The molecule has 2 aromatic rings. The fourth-order valence-corrected chi connectivity index (χ4v) is 4.63. The van der Waals surface area contributed by atoms with Gasteiger partial charge in [0.2, 0.25) is 5.91 Å². The van der Waals surface area contributed by atoms with Crippen LogP contribution in [0, 0.1) is 11.6 Å². The lowest BCUT2D eigenvalue weighted by atomic mass is 9.89. The maximum atomic E-state index is 13.3. The Bertz CT molecular complexity index is 898. The molecule has 2 fully saturated rings. The Morgan fingerprint density at radius 2 is 1.44 bits per heavy atom. The van der Waals surface area contributed by atoms with E-state index in [0.717, 1.165) is 45.3 Å². The molecule has 2 aliphatic heterocycles. The number of rotatable bonds is 6. The zero-order valence-corrected chi connectivity index (χ0v) is 18.4. The molecule has 0 N–H and O–H groups in total. The van der Waals surface area contributed by atoms with Crippen LogP contribution in [0.15, 0.2) is 54.6 Å². The molecule has 0 saturated carbocycles. The largest absolute Gasteiger partial charge is 0.337 e. The average Bonchev–Trinajstić information content (AvgIpc) is 2.82. The summed E-state index contributed by atoms with van der Waals surface area (Å²) in [6.45, 7) is 7.45. The van der Waals surface area contributed by atoms with Crippen molar-refractivity contribution in [3.63, 3.8) is 0 Å². The number of piperazine rings is 1. The van der Waals surface area contributed by atoms with Gasteiger partial charge in [-0.05, 0) is 61.2 Å². The summed E-state index contributed by atoms with van der Waals surface area (Å²) in [7, 11) is 0. The van der Waals surface area contributed by atoms with Crippen LogP contribution in [0.25, 0.3) is 6.08 Å². The highest BCUT2D eigenvalue weighted by Gasteiger charge is 2.23. The maximum absolute atomic E-state index is 13.3. The van der Waals surface area contributed by atoms with Crippen molar-refractivity contribution in [2.75, 3.05) is 52.4 Å². The summed E-state index contributed by atoms with van der Waals surface area (Å²) in [5, 5.41) is 0. The number of carbonyl (C=O) groups is 1. The predicted molar refractivity (Wildman–Crippen MR) is 123 cm³/mol. The Labute approximate surface area is 189 Å². The third kappa shape index (κ3) is 6.24. The van der Waals surface area contributed by atoms with Crippen LogP contribution in [0.4, 0.5) is 8.78 Å². The van der Waals surface area contributed by atoms with E-state index < -0.39 is 11.6 Å². The molecule has 4 nitrogen and oxygen atoms in total. The first-order chi connectivity index (χ1) is 15.6. The SMILES string of the molecule is O=C(/C=C/c1cc(F)cc(F)c1)N1CCN(CCN2CCC(c3ccccc3)CC2)CC1. The first kappa shape index (κ1) is 22.6. The number of carbonyl (C=O) groups excluding carboxylic acids is 1. The van der Waals surface area contributed by atoms with Crippen molar-refractivity contribution in [2.24, 2.45) is 0 Å². The average molecular weight is 440 g/mol. The molecule has 0 bridgehead atoms.